The van der Waals surface area contributed by atoms with Gasteiger partial charge in [0.1, 0.15) is 17.7 Å². The number of aromatic amines is 1. The maximum atomic E-state index is 12.6. The number of nitrogens with zero attached hydrogens (tertiary/aromatic N) is 4. The summed E-state index contributed by atoms with van der Waals surface area (Å²) in [7, 11) is 1.57. The summed E-state index contributed by atoms with van der Waals surface area (Å²) in [5.41, 5.74) is 2.43. The van der Waals surface area contributed by atoms with Gasteiger partial charge >= 0.3 is 0 Å². The number of carbonyl (C=O) groups excluding carboxylic acids is 2. The molecule has 8 nitrogen and oxygen atoms in total. The highest BCUT2D eigenvalue weighted by Gasteiger charge is 2.24. The quantitative estimate of drug-likeness (QED) is 0.835. The average molecular weight is 315 g/mol. The van der Waals surface area contributed by atoms with Crippen molar-refractivity contribution in [3.8, 4) is 5.88 Å². The summed E-state index contributed by atoms with van der Waals surface area (Å²) in [6.07, 6.45) is 2.73. The van der Waals surface area contributed by atoms with E-state index in [4.69, 9.17) is 4.74 Å². The molecule has 1 amide bonds. The molecule has 1 aliphatic heterocycles. The Bertz CT molecular complexity index is 755. The van der Waals surface area contributed by atoms with Gasteiger partial charge in [-0.2, -0.15) is 5.10 Å². The molecule has 0 unspecified atom stereocenters. The van der Waals surface area contributed by atoms with Gasteiger partial charge in [0.25, 0.3) is 5.91 Å². The first-order valence-corrected chi connectivity index (χ1v) is 7.32. The van der Waals surface area contributed by atoms with Gasteiger partial charge in [-0.25, -0.2) is 9.97 Å². The van der Waals surface area contributed by atoms with Crippen LogP contribution in [0.4, 0.5) is 0 Å². The van der Waals surface area contributed by atoms with E-state index in [1.165, 1.54) is 19.3 Å². The molecule has 0 aliphatic carbocycles. The number of fused-ring (bicyclic) bond motifs is 1. The van der Waals surface area contributed by atoms with E-state index >= 15 is 0 Å². The Morgan fingerprint density at radius 1 is 1.26 bits per heavy atom. The van der Waals surface area contributed by atoms with Crippen LogP contribution in [0.3, 0.4) is 0 Å². The number of ketones is 1. The van der Waals surface area contributed by atoms with E-state index in [9.17, 15) is 9.59 Å². The molecule has 3 rings (SSSR count). The van der Waals surface area contributed by atoms with Crippen molar-refractivity contribution >= 4 is 11.7 Å². The Morgan fingerprint density at radius 2 is 2.04 bits per heavy atom. The third kappa shape index (κ3) is 2.92. The number of methoxy groups -OCH3 is 1. The lowest BCUT2D eigenvalue weighted by atomic mass is 10.1. The molecule has 0 saturated carbocycles. The lowest BCUT2D eigenvalue weighted by molar-refractivity contribution is 0.0756. The van der Waals surface area contributed by atoms with Gasteiger partial charge in [0.2, 0.25) is 5.88 Å². The van der Waals surface area contributed by atoms with Crippen molar-refractivity contribution in [2.45, 2.75) is 19.8 Å². The fraction of sp³-hybridized carbons (Fsp3) is 0.400. The van der Waals surface area contributed by atoms with Crippen LogP contribution < -0.4 is 4.74 Å². The van der Waals surface area contributed by atoms with Crippen LogP contribution >= 0.6 is 0 Å². The van der Waals surface area contributed by atoms with Crippen molar-refractivity contribution in [2.75, 3.05) is 20.2 Å². The van der Waals surface area contributed by atoms with Crippen LogP contribution in [0.2, 0.25) is 0 Å². The topological polar surface area (TPSA) is 101 Å². The van der Waals surface area contributed by atoms with E-state index in [0.29, 0.717) is 37.5 Å². The number of aromatic nitrogens is 4. The highest BCUT2D eigenvalue weighted by atomic mass is 16.5. The van der Waals surface area contributed by atoms with Crippen molar-refractivity contribution in [1.29, 1.82) is 0 Å². The Labute approximate surface area is 132 Å². The minimum atomic E-state index is -0.177. The fourth-order valence-corrected chi connectivity index (χ4v) is 2.66. The highest BCUT2D eigenvalue weighted by Crippen LogP contribution is 2.22. The molecule has 2 aromatic rings. The lowest BCUT2D eigenvalue weighted by Crippen LogP contribution is -2.33. The zero-order valence-corrected chi connectivity index (χ0v) is 13.0. The number of H-pyrrole nitrogens is 1. The second-order valence-electron chi connectivity index (χ2n) is 5.32. The van der Waals surface area contributed by atoms with Crippen molar-refractivity contribution < 1.29 is 14.3 Å². The van der Waals surface area contributed by atoms with E-state index < -0.39 is 0 Å². The number of rotatable bonds is 3. The van der Waals surface area contributed by atoms with Gasteiger partial charge < -0.3 is 9.64 Å². The van der Waals surface area contributed by atoms with Crippen molar-refractivity contribution in [3.05, 3.63) is 35.0 Å². The predicted octanol–water partition coefficient (Wildman–Crippen LogP) is 0.652. The number of carbonyl (C=O) groups is 2. The number of nitrogens with one attached hydrogen (secondary N) is 1. The number of hydrogen-bond donors (Lipinski definition) is 1. The first kappa shape index (κ1) is 15.1. The Hall–Kier alpha value is -2.77. The van der Waals surface area contributed by atoms with E-state index in [-0.39, 0.29) is 17.4 Å². The molecule has 8 heteroatoms. The van der Waals surface area contributed by atoms with Gasteiger partial charge in [-0.05, 0) is 12.5 Å². The normalized spacial score (nSPS) is 14.1. The molecule has 0 saturated heterocycles. The monoisotopic (exact) mass is 315 g/mol. The van der Waals surface area contributed by atoms with Gasteiger partial charge in [0.05, 0.1) is 12.8 Å². The maximum absolute atomic E-state index is 12.6. The van der Waals surface area contributed by atoms with E-state index in [0.717, 1.165) is 11.3 Å². The van der Waals surface area contributed by atoms with Gasteiger partial charge in [-0.15, -0.1) is 0 Å². The van der Waals surface area contributed by atoms with Crippen LogP contribution in [-0.4, -0.2) is 57.0 Å². The first-order valence-electron chi connectivity index (χ1n) is 7.32. The SMILES string of the molecule is COc1ncnc2c1CCN(C(=O)c1cc(C(C)=O)n[nH]1)CC2. The largest absolute Gasteiger partial charge is 0.481 e. The highest BCUT2D eigenvalue weighted by molar-refractivity contribution is 5.97. The predicted molar refractivity (Wildman–Crippen MR) is 80.5 cm³/mol. The molecular weight excluding hydrogens is 298 g/mol. The molecule has 1 N–H and O–H groups in total. The zero-order chi connectivity index (χ0) is 16.4. The van der Waals surface area contributed by atoms with Crippen LogP contribution in [0.25, 0.3) is 0 Å². The van der Waals surface area contributed by atoms with Crippen LogP contribution in [0.5, 0.6) is 5.88 Å². The molecule has 0 atom stereocenters. The molecule has 0 radical (unpaired) electrons. The number of Topliss-reactive ketones (excluding diaryl/α,β-unsaturated/α-hetero) is 1. The minimum absolute atomic E-state index is 0.176. The summed E-state index contributed by atoms with van der Waals surface area (Å²) in [5, 5.41) is 6.49. The molecule has 0 spiro atoms. The molecule has 0 aromatic carbocycles. The van der Waals surface area contributed by atoms with E-state index in [1.54, 1.807) is 12.0 Å². The molecule has 120 valence electrons. The van der Waals surface area contributed by atoms with Gasteiger partial charge in [0, 0.05) is 32.0 Å². The second-order valence-corrected chi connectivity index (χ2v) is 5.32. The third-order valence-electron chi connectivity index (χ3n) is 3.89. The summed E-state index contributed by atoms with van der Waals surface area (Å²) >= 11 is 0. The summed E-state index contributed by atoms with van der Waals surface area (Å²) in [6, 6.07) is 1.49. The molecule has 3 heterocycles. The smallest absolute Gasteiger partial charge is 0.271 e. The lowest BCUT2D eigenvalue weighted by Gasteiger charge is -2.18. The van der Waals surface area contributed by atoms with Crippen LogP contribution in [-0.2, 0) is 12.8 Å². The van der Waals surface area contributed by atoms with Crippen molar-refractivity contribution in [2.24, 2.45) is 0 Å². The van der Waals surface area contributed by atoms with Gasteiger partial charge in [-0.3, -0.25) is 14.7 Å². The van der Waals surface area contributed by atoms with E-state index in [2.05, 4.69) is 20.2 Å². The maximum Gasteiger partial charge on any atom is 0.271 e. The standard InChI is InChI=1S/C15H17N5O3/c1-9(21)12-7-13(19-18-12)15(22)20-5-3-10-11(4-6-20)16-8-17-14(10)23-2/h7-8H,3-6H2,1-2H3,(H,18,19). The van der Waals surface area contributed by atoms with Crippen LogP contribution in [0.15, 0.2) is 12.4 Å². The van der Waals surface area contributed by atoms with Crippen molar-refractivity contribution in [1.82, 2.24) is 25.1 Å². The summed E-state index contributed by atoms with van der Waals surface area (Å²) in [5.74, 6) is 0.206. The molecule has 1 aliphatic rings. The number of ether oxygens (including phenoxy) is 1. The van der Waals surface area contributed by atoms with E-state index in [1.807, 2.05) is 0 Å². The molecule has 2 aromatic heterocycles. The van der Waals surface area contributed by atoms with Gasteiger partial charge in [0.15, 0.2) is 5.78 Å². The molecule has 0 bridgehead atoms. The second kappa shape index (κ2) is 6.15. The zero-order valence-electron chi connectivity index (χ0n) is 13.0. The summed E-state index contributed by atoms with van der Waals surface area (Å²) < 4.78 is 5.27. The summed E-state index contributed by atoms with van der Waals surface area (Å²) in [4.78, 5) is 34.0. The Balaban J connectivity index is 1.78. The van der Waals surface area contributed by atoms with Crippen molar-refractivity contribution in [3.63, 3.8) is 0 Å². The molecule has 23 heavy (non-hydrogen) atoms. The Morgan fingerprint density at radius 3 is 2.74 bits per heavy atom. The fourth-order valence-electron chi connectivity index (χ4n) is 2.66. The first-order chi connectivity index (χ1) is 11.1. The molecule has 0 fully saturated rings. The third-order valence-corrected chi connectivity index (χ3v) is 3.89. The molecular formula is C15H17N5O3. The average Bonchev–Trinajstić information content (AvgIpc) is 2.95. The number of amides is 1. The Kier molecular flexibility index (Phi) is 4.05. The van der Waals surface area contributed by atoms with Crippen LogP contribution in [0, 0.1) is 0 Å². The minimum Gasteiger partial charge on any atom is -0.481 e. The van der Waals surface area contributed by atoms with Crippen LogP contribution in [0.1, 0.15) is 39.2 Å². The van der Waals surface area contributed by atoms with Gasteiger partial charge in [-0.1, -0.05) is 0 Å². The number of hydrogen-bond acceptors (Lipinski definition) is 6. The summed E-state index contributed by atoms with van der Waals surface area (Å²) in [6.45, 7) is 2.49.